The van der Waals surface area contributed by atoms with Gasteiger partial charge >= 0.3 is 0 Å². The molecule has 234 valence electrons. The van der Waals surface area contributed by atoms with Gasteiger partial charge in [0, 0.05) is 25.7 Å². The number of thiophene rings is 1. The van der Waals surface area contributed by atoms with Gasteiger partial charge in [0.25, 0.3) is 0 Å². The minimum absolute atomic E-state index is 0.424. The van der Waals surface area contributed by atoms with E-state index in [1.165, 1.54) is 86.9 Å². The Morgan fingerprint density at radius 3 is 1.44 bits per heavy atom. The van der Waals surface area contributed by atoms with E-state index < -0.39 is 5.41 Å². The molecule has 8 aromatic carbocycles. The maximum atomic E-state index is 2.46. The predicted molar refractivity (Wildman–Crippen MR) is 213 cm³/mol. The van der Waals surface area contributed by atoms with Gasteiger partial charge in [0.15, 0.2) is 0 Å². The first-order valence-corrected chi connectivity index (χ1v) is 18.1. The second kappa shape index (κ2) is 11.6. The number of benzene rings is 8. The molecule has 1 heteroatoms. The highest BCUT2D eigenvalue weighted by atomic mass is 32.1. The Hall–Kier alpha value is -6.02. The van der Waals surface area contributed by atoms with Crippen LogP contribution in [0.4, 0.5) is 0 Å². The highest BCUT2D eigenvalue weighted by Gasteiger charge is 2.45. The molecule has 50 heavy (non-hydrogen) atoms. The molecule has 0 fully saturated rings. The van der Waals surface area contributed by atoms with E-state index in [0.29, 0.717) is 0 Å². The molecular formula is C49H32S. The molecule has 0 atom stereocenters. The largest absolute Gasteiger partial charge is 0.134 e. The second-order valence-electron chi connectivity index (χ2n) is 13.2. The third-order valence-electron chi connectivity index (χ3n) is 10.6. The van der Waals surface area contributed by atoms with Gasteiger partial charge in [-0.2, -0.15) is 0 Å². The maximum absolute atomic E-state index is 2.46. The van der Waals surface area contributed by atoms with Gasteiger partial charge in [-0.1, -0.05) is 188 Å². The average Bonchev–Trinajstić information content (AvgIpc) is 3.73. The van der Waals surface area contributed by atoms with Crippen molar-refractivity contribution in [3.05, 3.63) is 216 Å². The zero-order chi connectivity index (χ0) is 33.1. The van der Waals surface area contributed by atoms with E-state index in [4.69, 9.17) is 0 Å². The molecule has 0 saturated heterocycles. The fraction of sp³-hybridized carbons (Fsp3) is 0.0204. The van der Waals surface area contributed by atoms with Gasteiger partial charge in [-0.3, -0.25) is 0 Å². The summed E-state index contributed by atoms with van der Waals surface area (Å²) in [4.78, 5) is 0. The van der Waals surface area contributed by atoms with E-state index in [2.05, 4.69) is 194 Å². The van der Waals surface area contributed by atoms with Crippen LogP contribution < -0.4 is 0 Å². The summed E-state index contributed by atoms with van der Waals surface area (Å²) in [7, 11) is 0. The molecule has 0 radical (unpaired) electrons. The van der Waals surface area contributed by atoms with Crippen LogP contribution in [0.25, 0.3) is 64.7 Å². The minimum Gasteiger partial charge on any atom is -0.134 e. The van der Waals surface area contributed by atoms with Gasteiger partial charge in [0.1, 0.15) is 0 Å². The molecule has 1 heterocycles. The van der Waals surface area contributed by atoms with Crippen LogP contribution in [0.5, 0.6) is 0 Å². The van der Waals surface area contributed by atoms with Crippen molar-refractivity contribution in [1.82, 2.24) is 0 Å². The summed E-state index contributed by atoms with van der Waals surface area (Å²) in [5, 5.41) is 2.61. The summed E-state index contributed by atoms with van der Waals surface area (Å²) < 4.78 is 2.65. The zero-order valence-corrected chi connectivity index (χ0v) is 28.2. The number of rotatable bonds is 5. The Bertz CT molecular complexity index is 2650. The van der Waals surface area contributed by atoms with E-state index >= 15 is 0 Å². The van der Waals surface area contributed by atoms with E-state index in [1.54, 1.807) is 0 Å². The lowest BCUT2D eigenvalue weighted by molar-refractivity contribution is 0.769. The Morgan fingerprint density at radius 1 is 0.300 bits per heavy atom. The first-order chi connectivity index (χ1) is 24.8. The standard InChI is InChI=1S/C49H32S/c1-3-16-33(17-4-1)37-22-7-8-23-39(37)42-27-15-29-44-43-28-14-26-38(47(43)50-48(42)44)34-18-13-21-36(32-34)49(35-19-5-2-6-20-35)45-30-11-9-24-40(45)41-25-10-12-31-46(41)49/h1-32H. The van der Waals surface area contributed by atoms with Crippen molar-refractivity contribution in [1.29, 1.82) is 0 Å². The highest BCUT2D eigenvalue weighted by molar-refractivity contribution is 7.26. The topological polar surface area (TPSA) is 0 Å². The number of fused-ring (bicyclic) bond motifs is 6. The van der Waals surface area contributed by atoms with E-state index in [-0.39, 0.29) is 0 Å². The van der Waals surface area contributed by atoms with Crippen LogP contribution in [0.1, 0.15) is 22.3 Å². The summed E-state index contributed by atoms with van der Waals surface area (Å²) >= 11 is 1.92. The molecule has 9 aromatic rings. The van der Waals surface area contributed by atoms with E-state index in [1.807, 2.05) is 11.3 Å². The first kappa shape index (κ1) is 28.9. The molecule has 10 rings (SSSR count). The summed E-state index contributed by atoms with van der Waals surface area (Å²) in [5.41, 5.74) is 15.0. The Balaban J connectivity index is 1.20. The SMILES string of the molecule is c1ccc(-c2ccccc2-c2cccc3c2sc2c(-c4cccc(C5(c6ccccc6)c6ccccc6-c6ccccc65)c4)cccc23)cc1. The van der Waals surface area contributed by atoms with Gasteiger partial charge < -0.3 is 0 Å². The Labute approximate surface area is 296 Å². The third kappa shape index (κ3) is 4.24. The molecule has 0 unspecified atom stereocenters. The van der Waals surface area contributed by atoms with Crippen molar-refractivity contribution in [3.8, 4) is 44.5 Å². The van der Waals surface area contributed by atoms with E-state index in [9.17, 15) is 0 Å². The lowest BCUT2D eigenvalue weighted by Gasteiger charge is -2.34. The molecule has 1 aromatic heterocycles. The van der Waals surface area contributed by atoms with Crippen LogP contribution in [0, 0.1) is 0 Å². The van der Waals surface area contributed by atoms with Crippen LogP contribution in [-0.2, 0) is 5.41 Å². The number of hydrogen-bond acceptors (Lipinski definition) is 1. The van der Waals surface area contributed by atoms with Crippen molar-refractivity contribution in [3.63, 3.8) is 0 Å². The lowest BCUT2D eigenvalue weighted by Crippen LogP contribution is -2.28. The lowest BCUT2D eigenvalue weighted by atomic mass is 9.67. The van der Waals surface area contributed by atoms with Crippen LogP contribution >= 0.6 is 11.3 Å². The molecule has 1 aliphatic rings. The maximum Gasteiger partial charge on any atom is 0.0713 e. The molecule has 0 saturated carbocycles. The average molecular weight is 653 g/mol. The van der Waals surface area contributed by atoms with Crippen molar-refractivity contribution < 1.29 is 0 Å². The van der Waals surface area contributed by atoms with Gasteiger partial charge in [-0.25, -0.2) is 0 Å². The van der Waals surface area contributed by atoms with Crippen molar-refractivity contribution in [2.45, 2.75) is 5.41 Å². The van der Waals surface area contributed by atoms with Crippen molar-refractivity contribution in [2.75, 3.05) is 0 Å². The van der Waals surface area contributed by atoms with Gasteiger partial charge in [-0.15, -0.1) is 11.3 Å². The van der Waals surface area contributed by atoms with Crippen LogP contribution in [0.2, 0.25) is 0 Å². The molecule has 1 aliphatic carbocycles. The molecule has 0 N–H and O–H groups in total. The summed E-state index contributed by atoms with van der Waals surface area (Å²) in [6, 6.07) is 71.6. The third-order valence-corrected chi connectivity index (χ3v) is 11.9. The van der Waals surface area contributed by atoms with Crippen molar-refractivity contribution in [2.24, 2.45) is 0 Å². The van der Waals surface area contributed by atoms with Gasteiger partial charge in [0.05, 0.1) is 5.41 Å². The minimum atomic E-state index is -0.424. The normalized spacial score (nSPS) is 13.0. The van der Waals surface area contributed by atoms with Gasteiger partial charge in [-0.05, 0) is 67.3 Å². The molecular weight excluding hydrogens is 621 g/mol. The summed E-state index contributed by atoms with van der Waals surface area (Å²) in [6.45, 7) is 0. The smallest absolute Gasteiger partial charge is 0.0713 e. The number of hydrogen-bond donors (Lipinski definition) is 0. The predicted octanol–water partition coefficient (Wildman–Crippen LogP) is 13.4. The second-order valence-corrected chi connectivity index (χ2v) is 14.2. The molecule has 0 aliphatic heterocycles. The molecule has 0 nitrogen and oxygen atoms in total. The first-order valence-electron chi connectivity index (χ1n) is 17.3. The highest BCUT2D eigenvalue weighted by Crippen LogP contribution is 2.56. The van der Waals surface area contributed by atoms with Crippen molar-refractivity contribution >= 4 is 31.5 Å². The monoisotopic (exact) mass is 652 g/mol. The van der Waals surface area contributed by atoms with Crippen LogP contribution in [0.15, 0.2) is 194 Å². The molecule has 0 spiro atoms. The summed E-state index contributed by atoms with van der Waals surface area (Å²) in [5.74, 6) is 0. The Morgan fingerprint density at radius 2 is 0.760 bits per heavy atom. The fourth-order valence-corrected chi connectivity index (χ4v) is 9.84. The van der Waals surface area contributed by atoms with Gasteiger partial charge in [0.2, 0.25) is 0 Å². The molecule has 0 amide bonds. The van der Waals surface area contributed by atoms with E-state index in [0.717, 1.165) is 0 Å². The quantitative estimate of drug-likeness (QED) is 0.174. The zero-order valence-electron chi connectivity index (χ0n) is 27.4. The fourth-order valence-electron chi connectivity index (χ4n) is 8.48. The molecule has 0 bridgehead atoms. The van der Waals surface area contributed by atoms with Crippen LogP contribution in [-0.4, -0.2) is 0 Å². The van der Waals surface area contributed by atoms with Crippen LogP contribution in [0.3, 0.4) is 0 Å². The summed E-state index contributed by atoms with van der Waals surface area (Å²) in [6.07, 6.45) is 0. The Kier molecular flexibility index (Phi) is 6.69.